The van der Waals surface area contributed by atoms with Crippen LogP contribution in [-0.4, -0.2) is 16.2 Å². The Bertz CT molecular complexity index is 611. The Labute approximate surface area is 126 Å². The first-order chi connectivity index (χ1) is 10.3. The Hall–Kier alpha value is -1.61. The van der Waals surface area contributed by atoms with Crippen molar-refractivity contribution in [1.29, 1.82) is 0 Å². The zero-order valence-corrected chi connectivity index (χ0v) is 12.6. The zero-order valence-electron chi connectivity index (χ0n) is 12.6. The Morgan fingerprint density at radius 1 is 1.29 bits per heavy atom. The smallest absolute Gasteiger partial charge is 0.131 e. The topological polar surface area (TPSA) is 42.4 Å². The summed E-state index contributed by atoms with van der Waals surface area (Å²) in [5.74, 6) is 1.65. The molecule has 1 saturated carbocycles. The minimum Gasteiger partial charge on any atom is -0.490 e. The molecule has 2 unspecified atom stereocenters. The number of benzene rings is 1. The summed E-state index contributed by atoms with van der Waals surface area (Å²) < 4.78 is 6.29. The fraction of sp³-hybridized carbons (Fsp3) is 0.500. The average Bonchev–Trinajstić information content (AvgIpc) is 2.55. The maximum atomic E-state index is 9.39. The van der Waals surface area contributed by atoms with Gasteiger partial charge in [0.1, 0.15) is 5.75 Å². The first kappa shape index (κ1) is 14.3. The molecule has 112 valence electrons. The molecule has 0 aliphatic heterocycles. The van der Waals surface area contributed by atoms with Crippen molar-refractivity contribution in [2.75, 3.05) is 0 Å². The van der Waals surface area contributed by atoms with Crippen molar-refractivity contribution >= 4 is 10.9 Å². The molecule has 3 rings (SSSR count). The summed E-state index contributed by atoms with van der Waals surface area (Å²) in [6.45, 7) is 2.21. The Balaban J connectivity index is 1.88. The van der Waals surface area contributed by atoms with Crippen LogP contribution in [0.15, 0.2) is 30.3 Å². The minimum atomic E-state index is -0.0521. The van der Waals surface area contributed by atoms with E-state index in [1.165, 1.54) is 19.3 Å². The van der Waals surface area contributed by atoms with Crippen molar-refractivity contribution in [1.82, 2.24) is 4.98 Å². The lowest BCUT2D eigenvalue weighted by molar-refractivity contribution is 0.123. The standard InChI is InChI=1S/C18H23NO2/c1-2-13-6-5-7-15(10-13)21-18-11-14(12-20)19-17-9-4-3-8-16(17)18/h3-4,8-9,11,13,15,20H,2,5-7,10,12H2,1H3. The second-order valence-electron chi connectivity index (χ2n) is 5.97. The van der Waals surface area contributed by atoms with Gasteiger partial charge in [-0.05, 0) is 37.3 Å². The maximum absolute atomic E-state index is 9.39. The highest BCUT2D eigenvalue weighted by atomic mass is 16.5. The number of hydrogen-bond acceptors (Lipinski definition) is 3. The van der Waals surface area contributed by atoms with Crippen LogP contribution >= 0.6 is 0 Å². The number of nitrogens with zero attached hydrogens (tertiary/aromatic N) is 1. The lowest BCUT2D eigenvalue weighted by Gasteiger charge is -2.29. The van der Waals surface area contributed by atoms with Crippen LogP contribution in [0.4, 0.5) is 0 Å². The summed E-state index contributed by atoms with van der Waals surface area (Å²) in [6, 6.07) is 9.87. The highest BCUT2D eigenvalue weighted by molar-refractivity contribution is 5.85. The Morgan fingerprint density at radius 3 is 2.95 bits per heavy atom. The SMILES string of the molecule is CCC1CCCC(Oc2cc(CO)nc3ccccc23)C1. The van der Waals surface area contributed by atoms with E-state index in [-0.39, 0.29) is 6.61 Å². The molecule has 3 heteroatoms. The molecular formula is C18H23NO2. The number of aliphatic hydroxyl groups excluding tert-OH is 1. The molecule has 0 amide bonds. The van der Waals surface area contributed by atoms with E-state index in [1.807, 2.05) is 30.3 Å². The predicted octanol–water partition coefficient (Wildman–Crippen LogP) is 4.07. The van der Waals surface area contributed by atoms with Crippen molar-refractivity contribution in [3.05, 3.63) is 36.0 Å². The van der Waals surface area contributed by atoms with Gasteiger partial charge in [0.05, 0.1) is 23.9 Å². The third kappa shape index (κ3) is 3.18. The van der Waals surface area contributed by atoms with Gasteiger partial charge in [-0.3, -0.25) is 4.98 Å². The third-order valence-electron chi connectivity index (χ3n) is 4.50. The van der Waals surface area contributed by atoms with Gasteiger partial charge in [0.15, 0.2) is 0 Å². The fourth-order valence-corrected chi connectivity index (χ4v) is 3.27. The van der Waals surface area contributed by atoms with Crippen LogP contribution in [0.2, 0.25) is 0 Å². The summed E-state index contributed by atoms with van der Waals surface area (Å²) in [6.07, 6.45) is 6.37. The molecule has 1 N–H and O–H groups in total. The van der Waals surface area contributed by atoms with E-state index in [0.717, 1.165) is 35.4 Å². The molecule has 1 aromatic heterocycles. The van der Waals surface area contributed by atoms with Crippen LogP contribution in [0.1, 0.15) is 44.7 Å². The number of aliphatic hydroxyl groups is 1. The maximum Gasteiger partial charge on any atom is 0.131 e. The van der Waals surface area contributed by atoms with Crippen molar-refractivity contribution < 1.29 is 9.84 Å². The van der Waals surface area contributed by atoms with Crippen molar-refractivity contribution in [3.8, 4) is 5.75 Å². The van der Waals surface area contributed by atoms with Gasteiger partial charge in [-0.25, -0.2) is 0 Å². The van der Waals surface area contributed by atoms with Gasteiger partial charge in [-0.1, -0.05) is 31.9 Å². The van der Waals surface area contributed by atoms with E-state index in [1.54, 1.807) is 0 Å². The molecule has 2 atom stereocenters. The predicted molar refractivity (Wildman–Crippen MR) is 84.3 cm³/mol. The lowest BCUT2D eigenvalue weighted by atomic mass is 9.85. The van der Waals surface area contributed by atoms with Crippen molar-refractivity contribution in [3.63, 3.8) is 0 Å². The van der Waals surface area contributed by atoms with Gasteiger partial charge in [0.25, 0.3) is 0 Å². The minimum absolute atomic E-state index is 0.0521. The van der Waals surface area contributed by atoms with Crippen LogP contribution in [0.25, 0.3) is 10.9 Å². The van der Waals surface area contributed by atoms with E-state index in [0.29, 0.717) is 11.8 Å². The second-order valence-corrected chi connectivity index (χ2v) is 5.97. The second kappa shape index (κ2) is 6.44. The number of ether oxygens (including phenoxy) is 1. The van der Waals surface area contributed by atoms with E-state index in [2.05, 4.69) is 11.9 Å². The molecule has 1 aliphatic rings. The molecule has 0 radical (unpaired) electrons. The number of para-hydroxylation sites is 1. The molecule has 2 aromatic rings. The van der Waals surface area contributed by atoms with Gasteiger partial charge in [-0.15, -0.1) is 0 Å². The molecule has 1 heterocycles. The van der Waals surface area contributed by atoms with Crippen LogP contribution in [0, 0.1) is 5.92 Å². The molecule has 3 nitrogen and oxygen atoms in total. The third-order valence-corrected chi connectivity index (χ3v) is 4.50. The van der Waals surface area contributed by atoms with E-state index in [4.69, 9.17) is 4.74 Å². The van der Waals surface area contributed by atoms with Gasteiger partial charge in [-0.2, -0.15) is 0 Å². The Morgan fingerprint density at radius 2 is 2.14 bits per heavy atom. The van der Waals surface area contributed by atoms with Crippen LogP contribution in [-0.2, 0) is 6.61 Å². The summed E-state index contributed by atoms with van der Waals surface area (Å²) in [5.41, 5.74) is 1.56. The summed E-state index contributed by atoms with van der Waals surface area (Å²) in [5, 5.41) is 10.4. The molecule has 0 saturated heterocycles. The van der Waals surface area contributed by atoms with Gasteiger partial charge >= 0.3 is 0 Å². The summed E-state index contributed by atoms with van der Waals surface area (Å²) in [7, 11) is 0. The molecule has 21 heavy (non-hydrogen) atoms. The first-order valence-electron chi connectivity index (χ1n) is 7.96. The Kier molecular flexibility index (Phi) is 4.39. The van der Waals surface area contributed by atoms with E-state index in [9.17, 15) is 5.11 Å². The van der Waals surface area contributed by atoms with Gasteiger partial charge in [0, 0.05) is 11.5 Å². The highest BCUT2D eigenvalue weighted by Crippen LogP contribution is 2.32. The largest absolute Gasteiger partial charge is 0.490 e. The average molecular weight is 285 g/mol. The van der Waals surface area contributed by atoms with Crippen LogP contribution in [0.5, 0.6) is 5.75 Å². The normalized spacial score (nSPS) is 22.4. The number of hydrogen-bond donors (Lipinski definition) is 1. The molecule has 0 bridgehead atoms. The molecular weight excluding hydrogens is 262 g/mol. The first-order valence-corrected chi connectivity index (χ1v) is 7.96. The lowest BCUT2D eigenvalue weighted by Crippen LogP contribution is -2.25. The number of rotatable bonds is 4. The summed E-state index contributed by atoms with van der Waals surface area (Å²) >= 11 is 0. The van der Waals surface area contributed by atoms with Gasteiger partial charge in [0.2, 0.25) is 0 Å². The molecule has 0 spiro atoms. The highest BCUT2D eigenvalue weighted by Gasteiger charge is 2.22. The number of fused-ring (bicyclic) bond motifs is 1. The quantitative estimate of drug-likeness (QED) is 0.920. The number of aromatic nitrogens is 1. The van der Waals surface area contributed by atoms with Crippen molar-refractivity contribution in [2.24, 2.45) is 5.92 Å². The van der Waals surface area contributed by atoms with Crippen LogP contribution < -0.4 is 4.74 Å². The molecule has 1 aliphatic carbocycles. The zero-order chi connectivity index (χ0) is 14.7. The van der Waals surface area contributed by atoms with Crippen molar-refractivity contribution in [2.45, 2.75) is 51.7 Å². The molecule has 1 fully saturated rings. The fourth-order valence-electron chi connectivity index (χ4n) is 3.27. The number of pyridine rings is 1. The monoisotopic (exact) mass is 285 g/mol. The summed E-state index contributed by atoms with van der Waals surface area (Å²) in [4.78, 5) is 4.45. The van der Waals surface area contributed by atoms with E-state index < -0.39 is 0 Å². The molecule has 1 aromatic carbocycles. The van der Waals surface area contributed by atoms with E-state index >= 15 is 0 Å². The van der Waals surface area contributed by atoms with Gasteiger partial charge < -0.3 is 9.84 Å². The van der Waals surface area contributed by atoms with Crippen LogP contribution in [0.3, 0.4) is 0 Å².